The molecule has 0 fully saturated rings. The van der Waals surface area contributed by atoms with Gasteiger partial charge >= 0.3 is 6.03 Å². The highest BCUT2D eigenvalue weighted by molar-refractivity contribution is 5.95. The predicted octanol–water partition coefficient (Wildman–Crippen LogP) is 12.2. The molecule has 6 rings (SSSR count). The van der Waals surface area contributed by atoms with E-state index in [9.17, 15) is 4.79 Å². The fourth-order valence-corrected chi connectivity index (χ4v) is 9.20. The van der Waals surface area contributed by atoms with E-state index in [1.54, 1.807) is 16.9 Å². The van der Waals surface area contributed by atoms with Crippen molar-refractivity contribution in [2.75, 3.05) is 51.6 Å². The van der Waals surface area contributed by atoms with Crippen LogP contribution in [0.1, 0.15) is 85.3 Å². The summed E-state index contributed by atoms with van der Waals surface area (Å²) in [4.78, 5) is 19.6. The Morgan fingerprint density at radius 2 is 1.59 bits per heavy atom. The summed E-state index contributed by atoms with van der Waals surface area (Å²) in [6.45, 7) is 16.6. The van der Waals surface area contributed by atoms with Crippen molar-refractivity contribution in [1.82, 2.24) is 9.80 Å². The van der Waals surface area contributed by atoms with Crippen LogP contribution in [-0.2, 0) is 15.6 Å². The van der Waals surface area contributed by atoms with E-state index in [1.807, 2.05) is 27.9 Å². The fraction of sp³-hybridized carbons (Fsp3) is 0.380. The monoisotopic (exact) mass is 750 g/mol. The number of amides is 2. The van der Waals surface area contributed by atoms with Gasteiger partial charge in [0, 0.05) is 62.3 Å². The van der Waals surface area contributed by atoms with E-state index in [4.69, 9.17) is 4.74 Å². The van der Waals surface area contributed by atoms with Crippen molar-refractivity contribution in [1.29, 1.82) is 0 Å². The predicted molar refractivity (Wildman–Crippen MR) is 238 cm³/mol. The standard InChI is InChI=1S/C50H62N4O2/c1-12-52(9)48(55)54(13-2)47(56-11)34(3)44-37(24-19-33-49(4,5)45-39-25-16-14-20-35(39)27-30-41(45)51-8)22-18-23-38(44)29-32-43-50(6,7)46-40-26-17-15-21-36(40)28-31-42(46)53(43)10/h14-17,19-21,24-32,51H,12-13,18,22-23,33H2,1-11H3/b24-19+,38-29+,43-32+,47-34-. The smallest absolute Gasteiger partial charge is 0.326 e. The molecule has 0 saturated carbocycles. The van der Waals surface area contributed by atoms with Gasteiger partial charge < -0.3 is 19.9 Å². The number of nitrogens with zero attached hydrogens (tertiary/aromatic N) is 3. The number of hydrogen-bond acceptors (Lipinski definition) is 4. The lowest BCUT2D eigenvalue weighted by atomic mass is 9.77. The SMILES string of the molecule is CCN(C)C(=O)N(CC)/C(OC)=C(\C)C1=C(/C=C/CC(C)(C)c2c(NC)ccc3ccccc23)CCC/C1=C\C=C1\N(C)c2ccc3ccccc3c2C1(C)C. The average molecular weight is 751 g/mol. The molecule has 0 atom stereocenters. The Morgan fingerprint density at radius 1 is 0.929 bits per heavy atom. The third-order valence-corrected chi connectivity index (χ3v) is 12.2. The van der Waals surface area contributed by atoms with Gasteiger partial charge in [0.2, 0.25) is 5.88 Å². The Labute approximate surface area is 335 Å². The molecule has 294 valence electrons. The van der Waals surface area contributed by atoms with Gasteiger partial charge in [-0.3, -0.25) is 4.90 Å². The molecule has 0 bridgehead atoms. The van der Waals surface area contributed by atoms with E-state index in [0.29, 0.717) is 19.0 Å². The number of methoxy groups -OCH3 is 1. The lowest BCUT2D eigenvalue weighted by molar-refractivity contribution is 0.132. The van der Waals surface area contributed by atoms with E-state index in [1.165, 1.54) is 60.8 Å². The molecule has 0 saturated heterocycles. The van der Waals surface area contributed by atoms with Crippen LogP contribution in [0.2, 0.25) is 0 Å². The number of nitrogens with one attached hydrogen (secondary N) is 1. The van der Waals surface area contributed by atoms with Gasteiger partial charge in [-0.1, -0.05) is 107 Å². The minimum Gasteiger partial charge on any atom is -0.482 e. The molecule has 0 radical (unpaired) electrons. The Balaban J connectivity index is 1.47. The second kappa shape index (κ2) is 16.5. The highest BCUT2D eigenvalue weighted by Crippen LogP contribution is 2.50. The Morgan fingerprint density at radius 3 is 2.25 bits per heavy atom. The van der Waals surface area contributed by atoms with Crippen molar-refractivity contribution in [3.8, 4) is 0 Å². The number of ether oxygens (including phenoxy) is 1. The molecule has 4 aromatic carbocycles. The van der Waals surface area contributed by atoms with Gasteiger partial charge in [-0.05, 0) is 119 Å². The maximum atomic E-state index is 13.7. The summed E-state index contributed by atoms with van der Waals surface area (Å²) in [6.07, 6.45) is 13.2. The number of carbonyl (C=O) groups excluding carboxylic acids is 1. The Hall–Kier alpha value is -5.23. The second-order valence-corrected chi connectivity index (χ2v) is 16.5. The zero-order valence-corrected chi connectivity index (χ0v) is 35.6. The molecule has 2 amide bonds. The Kier molecular flexibility index (Phi) is 11.9. The first-order valence-corrected chi connectivity index (χ1v) is 20.4. The number of rotatable bonds is 11. The lowest BCUT2D eigenvalue weighted by Crippen LogP contribution is -2.41. The molecule has 0 aromatic heterocycles. The van der Waals surface area contributed by atoms with Crippen LogP contribution >= 0.6 is 0 Å². The first-order valence-electron chi connectivity index (χ1n) is 20.4. The van der Waals surface area contributed by atoms with Crippen LogP contribution in [0.4, 0.5) is 16.2 Å². The maximum absolute atomic E-state index is 13.7. The second-order valence-electron chi connectivity index (χ2n) is 16.5. The van der Waals surface area contributed by atoms with Gasteiger partial charge in [-0.25, -0.2) is 4.79 Å². The quantitative estimate of drug-likeness (QED) is 0.155. The molecule has 2 aliphatic rings. The van der Waals surface area contributed by atoms with Crippen LogP contribution in [0.25, 0.3) is 21.5 Å². The topological polar surface area (TPSA) is 48.1 Å². The van der Waals surface area contributed by atoms with Gasteiger partial charge in [-0.2, -0.15) is 0 Å². The van der Waals surface area contributed by atoms with Crippen LogP contribution in [0, 0.1) is 0 Å². The summed E-state index contributed by atoms with van der Waals surface area (Å²) >= 11 is 0. The van der Waals surface area contributed by atoms with E-state index in [-0.39, 0.29) is 16.9 Å². The average Bonchev–Trinajstić information content (AvgIpc) is 3.40. The normalized spacial score (nSPS) is 17.6. The minimum absolute atomic E-state index is 0.0659. The van der Waals surface area contributed by atoms with Crippen molar-refractivity contribution >= 4 is 39.0 Å². The molecular weight excluding hydrogens is 689 g/mol. The summed E-state index contributed by atoms with van der Waals surface area (Å²) in [5, 5.41) is 8.59. The van der Waals surface area contributed by atoms with Crippen LogP contribution in [0.5, 0.6) is 0 Å². The largest absolute Gasteiger partial charge is 0.482 e. The molecule has 6 heteroatoms. The van der Waals surface area contributed by atoms with Crippen LogP contribution in [0.15, 0.2) is 131 Å². The summed E-state index contributed by atoms with van der Waals surface area (Å²) in [7, 11) is 7.74. The molecule has 1 aliphatic carbocycles. The highest BCUT2D eigenvalue weighted by atomic mass is 16.5. The van der Waals surface area contributed by atoms with Gasteiger partial charge in [-0.15, -0.1) is 0 Å². The van der Waals surface area contributed by atoms with E-state index in [2.05, 4.69) is 149 Å². The third kappa shape index (κ3) is 7.38. The van der Waals surface area contributed by atoms with E-state index < -0.39 is 0 Å². The first kappa shape index (κ1) is 40.4. The molecule has 6 nitrogen and oxygen atoms in total. The number of urea groups is 1. The zero-order valence-electron chi connectivity index (χ0n) is 35.6. The van der Waals surface area contributed by atoms with Gasteiger partial charge in [0.05, 0.1) is 7.11 Å². The molecule has 0 unspecified atom stereocenters. The molecule has 0 spiro atoms. The highest BCUT2D eigenvalue weighted by Gasteiger charge is 2.39. The van der Waals surface area contributed by atoms with Crippen LogP contribution in [0.3, 0.4) is 0 Å². The molecule has 56 heavy (non-hydrogen) atoms. The number of likely N-dealkylation sites (N-methyl/N-ethyl adjacent to an activating group) is 1. The fourth-order valence-electron chi connectivity index (χ4n) is 9.20. The summed E-state index contributed by atoms with van der Waals surface area (Å²) in [5.74, 6) is 0.603. The van der Waals surface area contributed by atoms with Crippen LogP contribution in [-0.4, -0.2) is 57.2 Å². The summed E-state index contributed by atoms with van der Waals surface area (Å²) < 4.78 is 6.17. The summed E-state index contributed by atoms with van der Waals surface area (Å²) in [6, 6.07) is 26.3. The van der Waals surface area contributed by atoms with Crippen molar-refractivity contribution in [3.05, 3.63) is 142 Å². The maximum Gasteiger partial charge on any atom is 0.326 e. The molecular formula is C50H62N4O2. The zero-order chi connectivity index (χ0) is 40.4. The van der Waals surface area contributed by atoms with Crippen molar-refractivity contribution in [3.63, 3.8) is 0 Å². The van der Waals surface area contributed by atoms with E-state index in [0.717, 1.165) is 36.9 Å². The molecule has 1 aliphatic heterocycles. The Bertz CT molecular complexity index is 2280. The van der Waals surface area contributed by atoms with Gasteiger partial charge in [0.1, 0.15) is 0 Å². The van der Waals surface area contributed by atoms with Crippen molar-refractivity contribution in [2.24, 2.45) is 0 Å². The number of fused-ring (bicyclic) bond motifs is 4. The summed E-state index contributed by atoms with van der Waals surface area (Å²) in [5.41, 5.74) is 10.8. The molecule has 1 heterocycles. The lowest BCUT2D eigenvalue weighted by Gasteiger charge is -2.31. The first-order chi connectivity index (χ1) is 26.8. The number of benzene rings is 4. The third-order valence-electron chi connectivity index (χ3n) is 12.2. The molecule has 4 aromatic rings. The van der Waals surface area contributed by atoms with Crippen LogP contribution < -0.4 is 10.2 Å². The molecule has 1 N–H and O–H groups in total. The van der Waals surface area contributed by atoms with Gasteiger partial charge in [0.15, 0.2) is 0 Å². The number of allylic oxidation sites excluding steroid dienone is 9. The number of hydrogen-bond donors (Lipinski definition) is 1. The number of anilines is 2. The van der Waals surface area contributed by atoms with Crippen molar-refractivity contribution in [2.45, 2.75) is 85.0 Å². The van der Waals surface area contributed by atoms with E-state index >= 15 is 0 Å². The van der Waals surface area contributed by atoms with Crippen molar-refractivity contribution < 1.29 is 9.53 Å². The number of carbonyl (C=O) groups is 1. The minimum atomic E-state index is -0.193. The van der Waals surface area contributed by atoms with Gasteiger partial charge in [0.25, 0.3) is 0 Å².